The third-order valence-electron chi connectivity index (χ3n) is 3.44. The number of rotatable bonds is 10. The number of nitrogens with zero attached hydrogens (tertiary/aromatic N) is 1. The van der Waals surface area contributed by atoms with E-state index in [1.165, 1.54) is 5.56 Å². The number of nitrogens with one attached hydrogen (secondary N) is 1. The Bertz CT molecular complexity index is 360. The molecule has 0 aromatic heterocycles. The molecule has 4 nitrogen and oxygen atoms in total. The predicted molar refractivity (Wildman–Crippen MR) is 83.9 cm³/mol. The van der Waals surface area contributed by atoms with Crippen molar-refractivity contribution in [2.24, 2.45) is 0 Å². The van der Waals surface area contributed by atoms with E-state index in [0.29, 0.717) is 0 Å². The molecule has 0 aliphatic carbocycles. The van der Waals surface area contributed by atoms with Crippen molar-refractivity contribution in [2.45, 2.75) is 19.8 Å². The molecule has 0 amide bonds. The third-order valence-corrected chi connectivity index (χ3v) is 3.44. The monoisotopic (exact) mass is 280 g/mol. The fourth-order valence-electron chi connectivity index (χ4n) is 1.98. The minimum atomic E-state index is 0.858. The molecule has 1 aromatic carbocycles. The molecule has 0 heterocycles. The minimum absolute atomic E-state index is 0.858. The molecule has 0 saturated heterocycles. The van der Waals surface area contributed by atoms with Gasteiger partial charge in [-0.25, -0.2) is 0 Å². The highest BCUT2D eigenvalue weighted by atomic mass is 16.5. The van der Waals surface area contributed by atoms with Crippen molar-refractivity contribution in [3.05, 3.63) is 23.8 Å². The zero-order chi connectivity index (χ0) is 14.8. The predicted octanol–water partition coefficient (Wildman–Crippen LogP) is 2.18. The highest BCUT2D eigenvalue weighted by molar-refractivity contribution is 5.38. The summed E-state index contributed by atoms with van der Waals surface area (Å²) in [6.45, 7) is 6.47. The molecule has 1 rings (SSSR count). The standard InChI is InChI=1S/C16H28N2O2/c1-5-18(2)10-9-17-8-6-7-14-11-15(19-3)13-16(12-14)20-4/h11-13,17H,5-10H2,1-4H3. The van der Waals surface area contributed by atoms with Gasteiger partial charge in [0.25, 0.3) is 0 Å². The van der Waals surface area contributed by atoms with Crippen molar-refractivity contribution < 1.29 is 9.47 Å². The van der Waals surface area contributed by atoms with Gasteiger partial charge in [-0.1, -0.05) is 6.92 Å². The third kappa shape index (κ3) is 6.26. The summed E-state index contributed by atoms with van der Waals surface area (Å²) in [7, 11) is 5.51. The lowest BCUT2D eigenvalue weighted by Crippen LogP contribution is -2.29. The molecule has 0 radical (unpaired) electrons. The van der Waals surface area contributed by atoms with Crippen molar-refractivity contribution in [1.82, 2.24) is 10.2 Å². The SMILES string of the molecule is CCN(C)CCNCCCc1cc(OC)cc(OC)c1. The zero-order valence-electron chi connectivity index (χ0n) is 13.2. The molecule has 0 aliphatic heterocycles. The molecule has 0 bridgehead atoms. The molecule has 0 saturated carbocycles. The average molecular weight is 280 g/mol. The number of methoxy groups -OCH3 is 2. The molecule has 0 fully saturated rings. The summed E-state index contributed by atoms with van der Waals surface area (Å²) in [5, 5.41) is 3.47. The Kier molecular flexibility index (Phi) is 8.07. The second-order valence-electron chi connectivity index (χ2n) is 4.97. The van der Waals surface area contributed by atoms with Crippen molar-refractivity contribution in [3.63, 3.8) is 0 Å². The number of hydrogen-bond donors (Lipinski definition) is 1. The average Bonchev–Trinajstić information content (AvgIpc) is 2.49. The molecule has 4 heteroatoms. The lowest BCUT2D eigenvalue weighted by molar-refractivity contribution is 0.349. The number of aryl methyl sites for hydroxylation is 1. The fraction of sp³-hybridized carbons (Fsp3) is 0.625. The van der Waals surface area contributed by atoms with Gasteiger partial charge in [-0.2, -0.15) is 0 Å². The number of ether oxygens (including phenoxy) is 2. The van der Waals surface area contributed by atoms with Gasteiger partial charge in [-0.05, 0) is 50.7 Å². The molecule has 114 valence electrons. The van der Waals surface area contributed by atoms with E-state index in [-0.39, 0.29) is 0 Å². The van der Waals surface area contributed by atoms with Gasteiger partial charge in [-0.3, -0.25) is 0 Å². The van der Waals surface area contributed by atoms with Crippen LogP contribution in [0.2, 0.25) is 0 Å². The summed E-state index contributed by atoms with van der Waals surface area (Å²) >= 11 is 0. The van der Waals surface area contributed by atoms with E-state index in [1.54, 1.807) is 14.2 Å². The van der Waals surface area contributed by atoms with Gasteiger partial charge in [0.05, 0.1) is 14.2 Å². The Hall–Kier alpha value is -1.26. The lowest BCUT2D eigenvalue weighted by atomic mass is 10.1. The summed E-state index contributed by atoms with van der Waals surface area (Å²) in [5.74, 6) is 1.72. The Morgan fingerprint density at radius 2 is 1.70 bits per heavy atom. The smallest absolute Gasteiger partial charge is 0.122 e. The first kappa shape index (κ1) is 16.8. The van der Waals surface area contributed by atoms with Crippen LogP contribution in [0.3, 0.4) is 0 Å². The quantitative estimate of drug-likeness (QED) is 0.666. The van der Waals surface area contributed by atoms with Crippen LogP contribution in [0.1, 0.15) is 18.9 Å². The van der Waals surface area contributed by atoms with E-state index < -0.39 is 0 Å². The largest absolute Gasteiger partial charge is 0.497 e. The maximum Gasteiger partial charge on any atom is 0.122 e. The zero-order valence-corrected chi connectivity index (χ0v) is 13.2. The van der Waals surface area contributed by atoms with E-state index >= 15 is 0 Å². The van der Waals surface area contributed by atoms with E-state index in [2.05, 4.69) is 36.3 Å². The molecular weight excluding hydrogens is 252 g/mol. The maximum absolute atomic E-state index is 5.28. The van der Waals surface area contributed by atoms with Gasteiger partial charge in [0.1, 0.15) is 11.5 Å². The summed E-state index contributed by atoms with van der Waals surface area (Å²) in [6, 6.07) is 6.06. The Balaban J connectivity index is 2.27. The molecule has 1 N–H and O–H groups in total. The normalized spacial score (nSPS) is 10.8. The summed E-state index contributed by atoms with van der Waals surface area (Å²) in [6.07, 6.45) is 2.15. The molecule has 0 atom stereocenters. The van der Waals surface area contributed by atoms with Crippen LogP contribution >= 0.6 is 0 Å². The van der Waals surface area contributed by atoms with Crippen molar-refractivity contribution in [2.75, 3.05) is 47.4 Å². The van der Waals surface area contributed by atoms with Crippen LogP contribution in [0.5, 0.6) is 11.5 Å². The molecule has 0 aliphatic rings. The van der Waals surface area contributed by atoms with E-state index in [9.17, 15) is 0 Å². The van der Waals surface area contributed by atoms with Gasteiger partial charge in [0, 0.05) is 19.2 Å². The van der Waals surface area contributed by atoms with Crippen molar-refractivity contribution in [1.29, 1.82) is 0 Å². The first-order chi connectivity index (χ1) is 9.69. The van der Waals surface area contributed by atoms with Gasteiger partial charge in [-0.15, -0.1) is 0 Å². The number of hydrogen-bond acceptors (Lipinski definition) is 4. The van der Waals surface area contributed by atoms with Crippen LogP contribution in [-0.4, -0.2) is 52.3 Å². The van der Waals surface area contributed by atoms with Crippen LogP contribution in [0.25, 0.3) is 0 Å². The van der Waals surface area contributed by atoms with Crippen LogP contribution in [-0.2, 0) is 6.42 Å². The van der Waals surface area contributed by atoms with Gasteiger partial charge >= 0.3 is 0 Å². The number of benzene rings is 1. The van der Waals surface area contributed by atoms with Gasteiger partial charge < -0.3 is 19.7 Å². The Labute approximate surface area is 123 Å². The van der Waals surface area contributed by atoms with Crippen molar-refractivity contribution in [3.8, 4) is 11.5 Å². The second-order valence-corrected chi connectivity index (χ2v) is 4.97. The topological polar surface area (TPSA) is 33.7 Å². The van der Waals surface area contributed by atoms with Crippen LogP contribution in [0.15, 0.2) is 18.2 Å². The maximum atomic E-state index is 5.28. The molecule has 1 aromatic rings. The van der Waals surface area contributed by atoms with Crippen LogP contribution < -0.4 is 14.8 Å². The highest BCUT2D eigenvalue weighted by Gasteiger charge is 2.02. The molecular formula is C16H28N2O2. The first-order valence-electron chi connectivity index (χ1n) is 7.30. The Morgan fingerprint density at radius 3 is 2.25 bits per heavy atom. The second kappa shape index (κ2) is 9.61. The van der Waals surface area contributed by atoms with Crippen molar-refractivity contribution >= 4 is 0 Å². The minimum Gasteiger partial charge on any atom is -0.497 e. The summed E-state index contributed by atoms with van der Waals surface area (Å²) in [5.41, 5.74) is 1.26. The summed E-state index contributed by atoms with van der Waals surface area (Å²) < 4.78 is 10.6. The van der Waals surface area contributed by atoms with E-state index in [0.717, 1.165) is 50.5 Å². The van der Waals surface area contributed by atoms with E-state index in [1.807, 2.05) is 6.07 Å². The van der Waals surface area contributed by atoms with E-state index in [4.69, 9.17) is 9.47 Å². The number of likely N-dealkylation sites (N-methyl/N-ethyl adjacent to an activating group) is 1. The summed E-state index contributed by atoms with van der Waals surface area (Å²) in [4.78, 5) is 2.31. The Morgan fingerprint density at radius 1 is 1.05 bits per heavy atom. The van der Waals surface area contributed by atoms with Gasteiger partial charge in [0.2, 0.25) is 0 Å². The lowest BCUT2D eigenvalue weighted by Gasteiger charge is -2.14. The highest BCUT2D eigenvalue weighted by Crippen LogP contribution is 2.23. The first-order valence-corrected chi connectivity index (χ1v) is 7.30. The van der Waals surface area contributed by atoms with Gasteiger partial charge in [0.15, 0.2) is 0 Å². The van der Waals surface area contributed by atoms with Crippen LogP contribution in [0.4, 0.5) is 0 Å². The molecule has 0 spiro atoms. The van der Waals surface area contributed by atoms with Crippen LogP contribution in [0, 0.1) is 0 Å². The molecule has 20 heavy (non-hydrogen) atoms. The molecule has 0 unspecified atom stereocenters. The fourth-order valence-corrected chi connectivity index (χ4v) is 1.98.